The standard InChI is InChI=1S/C16H13ClN2O2S/c1-21-11-6-7-14-10(8-11)9-15(22-14)16(20)19-18-13-5-3-2-4-12(13)17/h2-9,18H,1H3,(H,19,20). The molecule has 1 amide bonds. The number of thiophene rings is 1. The number of carbonyl (C=O) groups is 1. The molecule has 112 valence electrons. The molecule has 0 aliphatic rings. The van der Waals surface area contributed by atoms with Gasteiger partial charge in [-0.25, -0.2) is 0 Å². The molecule has 0 atom stereocenters. The number of nitrogens with one attached hydrogen (secondary N) is 2. The van der Waals surface area contributed by atoms with Crippen LogP contribution >= 0.6 is 22.9 Å². The van der Waals surface area contributed by atoms with Crippen LogP contribution in [0.4, 0.5) is 5.69 Å². The normalized spacial score (nSPS) is 10.5. The minimum Gasteiger partial charge on any atom is -0.497 e. The van der Waals surface area contributed by atoms with Crippen LogP contribution in [-0.4, -0.2) is 13.0 Å². The highest BCUT2D eigenvalue weighted by atomic mass is 35.5. The van der Waals surface area contributed by atoms with E-state index in [1.54, 1.807) is 19.2 Å². The number of fused-ring (bicyclic) bond motifs is 1. The van der Waals surface area contributed by atoms with E-state index in [4.69, 9.17) is 16.3 Å². The van der Waals surface area contributed by atoms with Crippen LogP contribution in [0.1, 0.15) is 9.67 Å². The molecule has 0 spiro atoms. The molecule has 3 rings (SSSR count). The number of hydrazine groups is 1. The Hall–Kier alpha value is -2.24. The fourth-order valence-electron chi connectivity index (χ4n) is 2.01. The Bertz CT molecular complexity index is 832. The van der Waals surface area contributed by atoms with Gasteiger partial charge in [0, 0.05) is 4.70 Å². The summed E-state index contributed by atoms with van der Waals surface area (Å²) in [6.07, 6.45) is 0. The van der Waals surface area contributed by atoms with Crippen molar-refractivity contribution >= 4 is 44.6 Å². The van der Waals surface area contributed by atoms with Gasteiger partial charge in [0.25, 0.3) is 5.91 Å². The van der Waals surface area contributed by atoms with Crippen molar-refractivity contribution in [3.05, 3.63) is 58.4 Å². The van der Waals surface area contributed by atoms with Crippen LogP contribution in [0.25, 0.3) is 10.1 Å². The number of hydrogen-bond acceptors (Lipinski definition) is 4. The molecule has 4 nitrogen and oxygen atoms in total. The lowest BCUT2D eigenvalue weighted by atomic mass is 10.2. The highest BCUT2D eigenvalue weighted by Gasteiger charge is 2.11. The Morgan fingerprint density at radius 1 is 1.18 bits per heavy atom. The number of halogens is 1. The second kappa shape index (κ2) is 6.25. The van der Waals surface area contributed by atoms with Gasteiger partial charge in [0.15, 0.2) is 0 Å². The third-order valence-corrected chi connectivity index (χ3v) is 4.58. The average Bonchev–Trinajstić information content (AvgIpc) is 2.96. The van der Waals surface area contributed by atoms with Gasteiger partial charge in [-0.3, -0.25) is 15.6 Å². The van der Waals surface area contributed by atoms with E-state index in [2.05, 4.69) is 10.9 Å². The highest BCUT2D eigenvalue weighted by molar-refractivity contribution is 7.20. The lowest BCUT2D eigenvalue weighted by molar-refractivity contribution is 0.0967. The van der Waals surface area contributed by atoms with Gasteiger partial charge in [-0.1, -0.05) is 23.7 Å². The van der Waals surface area contributed by atoms with Crippen LogP contribution < -0.4 is 15.6 Å². The number of carbonyl (C=O) groups excluding carboxylic acids is 1. The van der Waals surface area contributed by atoms with Crippen LogP contribution in [0.2, 0.25) is 5.02 Å². The first kappa shape index (κ1) is 14.7. The maximum Gasteiger partial charge on any atom is 0.279 e. The van der Waals surface area contributed by atoms with E-state index in [-0.39, 0.29) is 5.91 Å². The molecule has 0 aliphatic heterocycles. The van der Waals surface area contributed by atoms with E-state index in [1.807, 2.05) is 36.4 Å². The van der Waals surface area contributed by atoms with Crippen molar-refractivity contribution in [2.75, 3.05) is 12.5 Å². The third kappa shape index (κ3) is 3.00. The quantitative estimate of drug-likeness (QED) is 0.699. The number of benzene rings is 2. The van der Waals surface area contributed by atoms with Gasteiger partial charge in [0.1, 0.15) is 5.75 Å². The zero-order chi connectivity index (χ0) is 15.5. The van der Waals surface area contributed by atoms with Crippen molar-refractivity contribution in [1.29, 1.82) is 0 Å². The molecule has 3 aromatic rings. The number of amides is 1. The summed E-state index contributed by atoms with van der Waals surface area (Å²) in [5, 5.41) is 1.52. The predicted molar refractivity (Wildman–Crippen MR) is 90.9 cm³/mol. The maximum absolute atomic E-state index is 12.2. The molecule has 0 fully saturated rings. The van der Waals surface area contributed by atoms with Crippen molar-refractivity contribution in [1.82, 2.24) is 5.43 Å². The van der Waals surface area contributed by atoms with Gasteiger partial charge in [-0.15, -0.1) is 11.3 Å². The number of anilines is 1. The number of ether oxygens (including phenoxy) is 1. The molecular weight excluding hydrogens is 320 g/mol. The van der Waals surface area contributed by atoms with Crippen molar-refractivity contribution in [2.45, 2.75) is 0 Å². The first-order valence-corrected chi connectivity index (χ1v) is 7.75. The van der Waals surface area contributed by atoms with Crippen molar-refractivity contribution in [3.63, 3.8) is 0 Å². The van der Waals surface area contributed by atoms with Gasteiger partial charge in [0.05, 0.1) is 22.7 Å². The summed E-state index contributed by atoms with van der Waals surface area (Å²) in [5.74, 6) is 0.562. The minimum atomic E-state index is -0.208. The predicted octanol–water partition coefficient (Wildman–Crippen LogP) is 4.32. The second-order valence-electron chi connectivity index (χ2n) is 4.57. The minimum absolute atomic E-state index is 0.208. The van der Waals surface area contributed by atoms with E-state index < -0.39 is 0 Å². The molecule has 0 aliphatic carbocycles. The molecule has 2 aromatic carbocycles. The smallest absolute Gasteiger partial charge is 0.279 e. The van der Waals surface area contributed by atoms with Crippen molar-refractivity contribution in [2.24, 2.45) is 0 Å². The van der Waals surface area contributed by atoms with Gasteiger partial charge in [-0.2, -0.15) is 0 Å². The van der Waals surface area contributed by atoms with Crippen LogP contribution in [0.5, 0.6) is 5.75 Å². The first-order chi connectivity index (χ1) is 10.7. The molecule has 0 radical (unpaired) electrons. The fourth-order valence-corrected chi connectivity index (χ4v) is 3.13. The Kier molecular flexibility index (Phi) is 4.18. The number of methoxy groups -OCH3 is 1. The van der Waals surface area contributed by atoms with E-state index in [1.165, 1.54) is 11.3 Å². The third-order valence-electron chi connectivity index (χ3n) is 3.13. The average molecular weight is 333 g/mol. The number of para-hydroxylation sites is 1. The molecule has 2 N–H and O–H groups in total. The molecule has 0 bridgehead atoms. The van der Waals surface area contributed by atoms with Gasteiger partial charge < -0.3 is 4.74 Å². The number of rotatable bonds is 4. The van der Waals surface area contributed by atoms with E-state index in [0.29, 0.717) is 15.6 Å². The van der Waals surface area contributed by atoms with Crippen LogP contribution in [0, 0.1) is 0 Å². The summed E-state index contributed by atoms with van der Waals surface area (Å²) in [6.45, 7) is 0. The molecule has 6 heteroatoms. The Balaban J connectivity index is 1.76. The SMILES string of the molecule is COc1ccc2sc(C(=O)NNc3ccccc3Cl)cc2c1. The monoisotopic (exact) mass is 332 g/mol. The van der Waals surface area contributed by atoms with E-state index in [0.717, 1.165) is 15.8 Å². The Morgan fingerprint density at radius 3 is 2.77 bits per heavy atom. The second-order valence-corrected chi connectivity index (χ2v) is 6.06. The molecule has 1 aromatic heterocycles. The van der Waals surface area contributed by atoms with E-state index in [9.17, 15) is 4.79 Å². The van der Waals surface area contributed by atoms with E-state index >= 15 is 0 Å². The molecule has 1 heterocycles. The molecular formula is C16H13ClN2O2S. The van der Waals surface area contributed by atoms with Crippen molar-refractivity contribution in [3.8, 4) is 5.75 Å². The fraction of sp³-hybridized carbons (Fsp3) is 0.0625. The Labute approximate surface area is 136 Å². The first-order valence-electron chi connectivity index (χ1n) is 6.56. The largest absolute Gasteiger partial charge is 0.497 e. The van der Waals surface area contributed by atoms with Gasteiger partial charge in [0.2, 0.25) is 0 Å². The maximum atomic E-state index is 12.2. The van der Waals surface area contributed by atoms with Crippen LogP contribution in [0.15, 0.2) is 48.5 Å². The van der Waals surface area contributed by atoms with Crippen LogP contribution in [-0.2, 0) is 0 Å². The summed E-state index contributed by atoms with van der Waals surface area (Å²) in [6, 6.07) is 14.8. The molecule has 0 saturated heterocycles. The van der Waals surface area contributed by atoms with Crippen LogP contribution in [0.3, 0.4) is 0 Å². The highest BCUT2D eigenvalue weighted by Crippen LogP contribution is 2.29. The Morgan fingerprint density at radius 2 is 2.00 bits per heavy atom. The zero-order valence-electron chi connectivity index (χ0n) is 11.7. The van der Waals surface area contributed by atoms with Crippen molar-refractivity contribution < 1.29 is 9.53 Å². The lowest BCUT2D eigenvalue weighted by Gasteiger charge is -2.08. The molecule has 0 saturated carbocycles. The summed E-state index contributed by atoms with van der Waals surface area (Å²) in [4.78, 5) is 12.8. The summed E-state index contributed by atoms with van der Waals surface area (Å²) < 4.78 is 6.22. The van der Waals surface area contributed by atoms with Gasteiger partial charge in [-0.05, 0) is 41.8 Å². The number of hydrogen-bond donors (Lipinski definition) is 2. The topological polar surface area (TPSA) is 50.4 Å². The molecule has 0 unspecified atom stereocenters. The summed E-state index contributed by atoms with van der Waals surface area (Å²) in [5.41, 5.74) is 6.13. The summed E-state index contributed by atoms with van der Waals surface area (Å²) in [7, 11) is 1.62. The lowest BCUT2D eigenvalue weighted by Crippen LogP contribution is -2.28. The van der Waals surface area contributed by atoms with Gasteiger partial charge >= 0.3 is 0 Å². The molecule has 22 heavy (non-hydrogen) atoms. The summed E-state index contributed by atoms with van der Waals surface area (Å²) >= 11 is 7.45. The zero-order valence-corrected chi connectivity index (χ0v) is 13.3.